The van der Waals surface area contributed by atoms with E-state index in [1.165, 1.54) is 12.8 Å². The van der Waals surface area contributed by atoms with Crippen LogP contribution in [0.5, 0.6) is 0 Å². The fourth-order valence-electron chi connectivity index (χ4n) is 2.85. The molecule has 1 aliphatic rings. The minimum Gasteiger partial charge on any atom is -0.352 e. The largest absolute Gasteiger partial charge is 0.352 e. The monoisotopic (exact) mass is 263 g/mol. The molecule has 3 atom stereocenters. The fraction of sp³-hybridized carbons (Fsp3) is 0.733. The number of H-pyrrole nitrogens is 1. The second kappa shape index (κ2) is 5.35. The zero-order valence-electron chi connectivity index (χ0n) is 12.4. The van der Waals surface area contributed by atoms with Crippen LogP contribution in [0, 0.1) is 11.8 Å². The molecule has 4 nitrogen and oxygen atoms in total. The molecule has 1 aromatic rings. The molecule has 2 N–H and O–H groups in total. The molecule has 0 radical (unpaired) electrons. The lowest BCUT2D eigenvalue weighted by molar-refractivity contribution is -0.127. The fourth-order valence-corrected chi connectivity index (χ4v) is 2.85. The minimum absolute atomic E-state index is 0.0858. The van der Waals surface area contributed by atoms with Gasteiger partial charge in [-0.25, -0.2) is 4.98 Å². The summed E-state index contributed by atoms with van der Waals surface area (Å²) < 4.78 is 0. The van der Waals surface area contributed by atoms with Gasteiger partial charge in [0.2, 0.25) is 5.91 Å². The first-order valence-corrected chi connectivity index (χ1v) is 7.22. The van der Waals surface area contributed by atoms with Crippen LogP contribution in [0.15, 0.2) is 12.5 Å². The summed E-state index contributed by atoms with van der Waals surface area (Å²) in [6, 6.07) is 0.304. The van der Waals surface area contributed by atoms with Gasteiger partial charge >= 0.3 is 0 Å². The Labute approximate surface area is 115 Å². The molecule has 2 rings (SSSR count). The molecular formula is C15H25N3O. The van der Waals surface area contributed by atoms with E-state index in [9.17, 15) is 4.79 Å². The third-order valence-corrected chi connectivity index (χ3v) is 4.76. The van der Waals surface area contributed by atoms with E-state index >= 15 is 0 Å². The third kappa shape index (κ3) is 2.82. The van der Waals surface area contributed by atoms with Crippen LogP contribution >= 0.6 is 0 Å². The van der Waals surface area contributed by atoms with Crippen LogP contribution in [0.25, 0.3) is 0 Å². The van der Waals surface area contributed by atoms with Gasteiger partial charge in [-0.2, -0.15) is 0 Å². The predicted molar refractivity (Wildman–Crippen MR) is 75.7 cm³/mol. The van der Waals surface area contributed by atoms with Crippen molar-refractivity contribution in [3.8, 4) is 0 Å². The molecule has 1 saturated carbocycles. The third-order valence-electron chi connectivity index (χ3n) is 4.76. The highest BCUT2D eigenvalue weighted by Crippen LogP contribution is 2.30. The van der Waals surface area contributed by atoms with E-state index in [-0.39, 0.29) is 5.91 Å². The van der Waals surface area contributed by atoms with Crippen molar-refractivity contribution < 1.29 is 4.79 Å². The number of aromatic nitrogens is 2. The van der Waals surface area contributed by atoms with Gasteiger partial charge in [0.05, 0.1) is 11.7 Å². The quantitative estimate of drug-likeness (QED) is 0.880. The lowest BCUT2D eigenvalue weighted by Gasteiger charge is -2.36. The SMILES string of the molecule is CC1CCCC(NC(=O)C(C)(C)c2cnc[nH]2)C1C. The van der Waals surface area contributed by atoms with Crippen molar-refractivity contribution in [1.82, 2.24) is 15.3 Å². The molecule has 3 unspecified atom stereocenters. The van der Waals surface area contributed by atoms with Crippen LogP contribution in [0.2, 0.25) is 0 Å². The molecule has 106 valence electrons. The Morgan fingerprint density at radius 1 is 1.42 bits per heavy atom. The van der Waals surface area contributed by atoms with E-state index in [0.717, 1.165) is 12.1 Å². The van der Waals surface area contributed by atoms with E-state index in [1.807, 2.05) is 13.8 Å². The van der Waals surface area contributed by atoms with Gasteiger partial charge in [-0.05, 0) is 32.1 Å². The second-order valence-corrected chi connectivity index (χ2v) is 6.44. The zero-order chi connectivity index (χ0) is 14.0. The lowest BCUT2D eigenvalue weighted by atomic mass is 9.77. The number of carbonyl (C=O) groups is 1. The highest BCUT2D eigenvalue weighted by atomic mass is 16.2. The molecule has 0 spiro atoms. The van der Waals surface area contributed by atoms with Gasteiger partial charge in [0.15, 0.2) is 0 Å². The average Bonchev–Trinajstić information content (AvgIpc) is 2.89. The highest BCUT2D eigenvalue weighted by Gasteiger charge is 2.35. The number of hydrogen-bond acceptors (Lipinski definition) is 2. The molecule has 0 aliphatic heterocycles. The standard InChI is InChI=1S/C15H25N3O/c1-10-6-5-7-12(11(10)2)18-14(19)15(3,4)13-8-16-9-17-13/h8-12H,5-7H2,1-4H3,(H,16,17)(H,18,19). The summed E-state index contributed by atoms with van der Waals surface area (Å²) >= 11 is 0. The van der Waals surface area contributed by atoms with Crippen molar-refractivity contribution in [1.29, 1.82) is 0 Å². The maximum absolute atomic E-state index is 12.5. The number of carbonyl (C=O) groups excluding carboxylic acids is 1. The van der Waals surface area contributed by atoms with E-state index < -0.39 is 5.41 Å². The van der Waals surface area contributed by atoms with Gasteiger partial charge in [-0.3, -0.25) is 4.79 Å². The number of aromatic amines is 1. The predicted octanol–water partition coefficient (Wildman–Crippen LogP) is 2.63. The molecular weight excluding hydrogens is 238 g/mol. The minimum atomic E-state index is -0.559. The Kier molecular flexibility index (Phi) is 3.97. The zero-order valence-corrected chi connectivity index (χ0v) is 12.4. The lowest BCUT2D eigenvalue weighted by Crippen LogP contribution is -2.49. The first-order chi connectivity index (χ1) is 8.93. The Balaban J connectivity index is 2.04. The maximum Gasteiger partial charge on any atom is 0.231 e. The molecule has 0 bridgehead atoms. The van der Waals surface area contributed by atoms with Crippen LogP contribution in [0.4, 0.5) is 0 Å². The van der Waals surface area contributed by atoms with Gasteiger partial charge in [0, 0.05) is 17.9 Å². The first kappa shape index (κ1) is 14.1. The van der Waals surface area contributed by atoms with E-state index in [4.69, 9.17) is 0 Å². The topological polar surface area (TPSA) is 57.8 Å². The molecule has 1 aromatic heterocycles. The normalized spacial score (nSPS) is 28.1. The molecule has 1 aliphatic carbocycles. The summed E-state index contributed by atoms with van der Waals surface area (Å²) in [5.41, 5.74) is 0.304. The number of nitrogens with zero attached hydrogens (tertiary/aromatic N) is 1. The summed E-state index contributed by atoms with van der Waals surface area (Å²) in [4.78, 5) is 19.6. The van der Waals surface area contributed by atoms with Crippen molar-refractivity contribution in [2.24, 2.45) is 11.8 Å². The van der Waals surface area contributed by atoms with Gasteiger partial charge < -0.3 is 10.3 Å². The Hall–Kier alpha value is -1.32. The van der Waals surface area contributed by atoms with Gasteiger partial charge in [0.1, 0.15) is 0 Å². The molecule has 1 amide bonds. The molecule has 19 heavy (non-hydrogen) atoms. The van der Waals surface area contributed by atoms with Crippen LogP contribution in [-0.4, -0.2) is 21.9 Å². The van der Waals surface area contributed by atoms with Crippen molar-refractivity contribution in [2.75, 3.05) is 0 Å². The van der Waals surface area contributed by atoms with Crippen molar-refractivity contribution in [3.63, 3.8) is 0 Å². The summed E-state index contributed by atoms with van der Waals surface area (Å²) in [7, 11) is 0. The van der Waals surface area contributed by atoms with Crippen LogP contribution in [0.3, 0.4) is 0 Å². The van der Waals surface area contributed by atoms with Crippen molar-refractivity contribution in [2.45, 2.75) is 58.4 Å². The molecule has 1 fully saturated rings. The van der Waals surface area contributed by atoms with Crippen LogP contribution < -0.4 is 5.32 Å². The molecule has 0 aromatic carbocycles. The van der Waals surface area contributed by atoms with Crippen LogP contribution in [0.1, 0.15) is 52.7 Å². The Bertz CT molecular complexity index is 425. The smallest absolute Gasteiger partial charge is 0.231 e. The molecule has 0 saturated heterocycles. The Morgan fingerprint density at radius 3 is 2.79 bits per heavy atom. The summed E-state index contributed by atoms with van der Waals surface area (Å²) in [5.74, 6) is 1.33. The summed E-state index contributed by atoms with van der Waals surface area (Å²) in [6.45, 7) is 8.40. The highest BCUT2D eigenvalue weighted by molar-refractivity contribution is 5.87. The molecule has 1 heterocycles. The van der Waals surface area contributed by atoms with Crippen molar-refractivity contribution in [3.05, 3.63) is 18.2 Å². The van der Waals surface area contributed by atoms with Crippen LogP contribution in [-0.2, 0) is 10.2 Å². The first-order valence-electron chi connectivity index (χ1n) is 7.22. The van der Waals surface area contributed by atoms with E-state index in [1.54, 1.807) is 12.5 Å². The number of imidazole rings is 1. The van der Waals surface area contributed by atoms with Gasteiger partial charge in [-0.1, -0.05) is 26.7 Å². The second-order valence-electron chi connectivity index (χ2n) is 6.44. The number of rotatable bonds is 3. The van der Waals surface area contributed by atoms with Crippen molar-refractivity contribution >= 4 is 5.91 Å². The number of nitrogens with one attached hydrogen (secondary N) is 2. The molecule has 4 heteroatoms. The average molecular weight is 263 g/mol. The van der Waals surface area contributed by atoms with E-state index in [2.05, 4.69) is 29.1 Å². The van der Waals surface area contributed by atoms with Gasteiger partial charge in [-0.15, -0.1) is 0 Å². The van der Waals surface area contributed by atoms with Gasteiger partial charge in [0.25, 0.3) is 0 Å². The summed E-state index contributed by atoms with van der Waals surface area (Å²) in [6.07, 6.45) is 6.93. The number of amides is 1. The summed E-state index contributed by atoms with van der Waals surface area (Å²) in [5, 5.41) is 3.24. The number of hydrogen-bond donors (Lipinski definition) is 2. The Morgan fingerprint density at radius 2 is 2.16 bits per heavy atom. The maximum atomic E-state index is 12.5. The van der Waals surface area contributed by atoms with E-state index in [0.29, 0.717) is 17.9 Å².